The van der Waals surface area contributed by atoms with E-state index in [1.165, 1.54) is 4.31 Å². The number of carbonyl (C=O) groups is 1. The topological polar surface area (TPSA) is 57.7 Å². The average molecular weight is 338 g/mol. The van der Waals surface area contributed by atoms with Gasteiger partial charge in [-0.25, -0.2) is 8.42 Å². The molecule has 0 saturated carbocycles. The first-order valence-corrected chi connectivity index (χ1v) is 9.80. The third kappa shape index (κ3) is 4.47. The Morgan fingerprint density at radius 1 is 1.13 bits per heavy atom. The van der Waals surface area contributed by atoms with Crippen molar-refractivity contribution in [2.24, 2.45) is 0 Å². The molecule has 0 bridgehead atoms. The van der Waals surface area contributed by atoms with Gasteiger partial charge in [-0.3, -0.25) is 9.10 Å². The van der Waals surface area contributed by atoms with Crippen LogP contribution >= 0.6 is 0 Å². The number of anilines is 1. The third-order valence-electron chi connectivity index (χ3n) is 4.16. The number of amides is 1. The van der Waals surface area contributed by atoms with E-state index in [-0.39, 0.29) is 17.9 Å². The molecule has 1 aliphatic rings. The summed E-state index contributed by atoms with van der Waals surface area (Å²) in [5.74, 6) is -0.132. The number of benzene rings is 1. The van der Waals surface area contributed by atoms with Crippen molar-refractivity contribution < 1.29 is 13.2 Å². The predicted molar refractivity (Wildman–Crippen MR) is 93.1 cm³/mol. The van der Waals surface area contributed by atoms with Crippen molar-refractivity contribution in [1.82, 2.24) is 4.90 Å². The molecule has 0 N–H and O–H groups in total. The second-order valence-corrected chi connectivity index (χ2v) is 9.06. The smallest absolute Gasteiger partial charge is 0.243 e. The van der Waals surface area contributed by atoms with E-state index in [4.69, 9.17) is 0 Å². The minimum Gasteiger partial charge on any atom is -0.341 e. The Kier molecular flexibility index (Phi) is 5.04. The van der Waals surface area contributed by atoms with E-state index in [1.54, 1.807) is 17.0 Å². The fraction of sp³-hybridized carbons (Fsp3) is 0.588. The average Bonchev–Trinajstić information content (AvgIpc) is 2.96. The molecule has 0 atom stereocenters. The Morgan fingerprint density at radius 3 is 2.09 bits per heavy atom. The molecule has 1 amide bonds. The summed E-state index contributed by atoms with van der Waals surface area (Å²) in [6.07, 6.45) is 3.12. The van der Waals surface area contributed by atoms with Crippen LogP contribution in [0.2, 0.25) is 0 Å². The number of hydrogen-bond acceptors (Lipinski definition) is 3. The van der Waals surface area contributed by atoms with Gasteiger partial charge in [-0.1, -0.05) is 32.9 Å². The summed E-state index contributed by atoms with van der Waals surface area (Å²) in [5.41, 5.74) is 1.66. The number of nitrogens with zero attached hydrogens (tertiary/aromatic N) is 2. The second-order valence-electron chi connectivity index (χ2n) is 7.15. The van der Waals surface area contributed by atoms with E-state index in [9.17, 15) is 13.2 Å². The zero-order valence-corrected chi connectivity index (χ0v) is 15.2. The number of likely N-dealkylation sites (tertiary alicyclic amines) is 1. The van der Waals surface area contributed by atoms with Gasteiger partial charge in [-0.2, -0.15) is 0 Å². The van der Waals surface area contributed by atoms with E-state index < -0.39 is 10.0 Å². The van der Waals surface area contributed by atoms with Crippen LogP contribution in [-0.2, 0) is 20.2 Å². The van der Waals surface area contributed by atoms with Crippen molar-refractivity contribution >= 4 is 21.6 Å². The Hall–Kier alpha value is -1.56. The maximum Gasteiger partial charge on any atom is 0.243 e. The van der Waals surface area contributed by atoms with Gasteiger partial charge in [0.25, 0.3) is 0 Å². The van der Waals surface area contributed by atoms with Crippen LogP contribution in [0.15, 0.2) is 24.3 Å². The SMILES string of the molecule is CC(C)(C)c1ccc(N(CC(=O)N2CCCC2)S(C)(=O)=O)cc1. The van der Waals surface area contributed by atoms with Crippen molar-refractivity contribution in [3.8, 4) is 0 Å². The van der Waals surface area contributed by atoms with Crippen molar-refractivity contribution in [3.63, 3.8) is 0 Å². The van der Waals surface area contributed by atoms with E-state index >= 15 is 0 Å². The van der Waals surface area contributed by atoms with E-state index in [0.717, 1.165) is 37.8 Å². The van der Waals surface area contributed by atoms with Crippen LogP contribution in [0.4, 0.5) is 5.69 Å². The molecule has 0 aromatic heterocycles. The van der Waals surface area contributed by atoms with Crippen LogP contribution in [-0.4, -0.2) is 45.1 Å². The maximum absolute atomic E-state index is 12.3. The zero-order valence-electron chi connectivity index (χ0n) is 14.4. The molecule has 128 valence electrons. The molecule has 1 aromatic rings. The molecule has 2 rings (SSSR count). The van der Waals surface area contributed by atoms with E-state index in [1.807, 2.05) is 12.1 Å². The van der Waals surface area contributed by atoms with Gasteiger partial charge >= 0.3 is 0 Å². The predicted octanol–water partition coefficient (Wildman–Crippen LogP) is 2.37. The minimum atomic E-state index is -3.51. The van der Waals surface area contributed by atoms with Crippen molar-refractivity contribution in [3.05, 3.63) is 29.8 Å². The molecule has 1 aromatic carbocycles. The highest BCUT2D eigenvalue weighted by atomic mass is 32.2. The molecule has 6 heteroatoms. The first kappa shape index (κ1) is 17.8. The molecule has 0 unspecified atom stereocenters. The standard InChI is InChI=1S/C17H26N2O3S/c1-17(2,3)14-7-9-15(10-8-14)19(23(4,21)22)13-16(20)18-11-5-6-12-18/h7-10H,5-6,11-13H2,1-4H3. The molecule has 1 heterocycles. The van der Waals surface area contributed by atoms with Crippen LogP contribution in [0.25, 0.3) is 0 Å². The lowest BCUT2D eigenvalue weighted by molar-refractivity contribution is -0.128. The first-order chi connectivity index (χ1) is 10.6. The highest BCUT2D eigenvalue weighted by Gasteiger charge is 2.26. The Labute approximate surface area is 139 Å². The van der Waals surface area contributed by atoms with Gasteiger partial charge in [-0.05, 0) is 36.0 Å². The lowest BCUT2D eigenvalue weighted by Gasteiger charge is -2.26. The monoisotopic (exact) mass is 338 g/mol. The van der Waals surface area contributed by atoms with Crippen LogP contribution in [0, 0.1) is 0 Å². The summed E-state index contributed by atoms with van der Waals surface area (Å²) >= 11 is 0. The van der Waals surface area contributed by atoms with E-state index in [0.29, 0.717) is 5.69 Å². The summed E-state index contributed by atoms with van der Waals surface area (Å²) < 4.78 is 25.4. The van der Waals surface area contributed by atoms with Gasteiger partial charge in [0.2, 0.25) is 15.9 Å². The molecule has 0 radical (unpaired) electrons. The summed E-state index contributed by atoms with van der Waals surface area (Å²) in [6.45, 7) is 7.63. The second kappa shape index (κ2) is 6.51. The zero-order chi connectivity index (χ0) is 17.3. The molecule has 0 spiro atoms. The molecule has 1 aliphatic heterocycles. The molecule has 1 fully saturated rings. The normalized spacial score (nSPS) is 15.7. The number of sulfonamides is 1. The summed E-state index contributed by atoms with van der Waals surface area (Å²) in [7, 11) is -3.51. The van der Waals surface area contributed by atoms with Gasteiger partial charge in [0, 0.05) is 13.1 Å². The van der Waals surface area contributed by atoms with Gasteiger partial charge in [0.1, 0.15) is 6.54 Å². The van der Waals surface area contributed by atoms with Crippen molar-refractivity contribution in [2.45, 2.75) is 39.0 Å². The summed E-state index contributed by atoms with van der Waals surface area (Å²) in [5, 5.41) is 0. The highest BCUT2D eigenvalue weighted by Crippen LogP contribution is 2.26. The molecular formula is C17H26N2O3S. The molecule has 23 heavy (non-hydrogen) atoms. The Balaban J connectivity index is 2.23. The lowest BCUT2D eigenvalue weighted by Crippen LogP contribution is -2.41. The highest BCUT2D eigenvalue weighted by molar-refractivity contribution is 7.92. The lowest BCUT2D eigenvalue weighted by atomic mass is 9.87. The quantitative estimate of drug-likeness (QED) is 0.847. The van der Waals surface area contributed by atoms with Gasteiger partial charge < -0.3 is 4.90 Å². The summed E-state index contributed by atoms with van der Waals surface area (Å²) in [4.78, 5) is 14.1. The molecular weight excluding hydrogens is 312 g/mol. The van der Waals surface area contributed by atoms with Crippen LogP contribution in [0.5, 0.6) is 0 Å². The van der Waals surface area contributed by atoms with Gasteiger partial charge in [0.15, 0.2) is 0 Å². The largest absolute Gasteiger partial charge is 0.341 e. The van der Waals surface area contributed by atoms with Gasteiger partial charge in [-0.15, -0.1) is 0 Å². The van der Waals surface area contributed by atoms with Crippen LogP contribution in [0.1, 0.15) is 39.2 Å². The third-order valence-corrected chi connectivity index (χ3v) is 5.30. The fourth-order valence-corrected chi connectivity index (χ4v) is 3.57. The fourth-order valence-electron chi connectivity index (χ4n) is 2.72. The molecule has 1 saturated heterocycles. The summed E-state index contributed by atoms with van der Waals surface area (Å²) in [6, 6.07) is 7.40. The van der Waals surface area contributed by atoms with Gasteiger partial charge in [0.05, 0.1) is 11.9 Å². The maximum atomic E-state index is 12.3. The van der Waals surface area contributed by atoms with E-state index in [2.05, 4.69) is 20.8 Å². The van der Waals surface area contributed by atoms with Crippen molar-refractivity contribution in [2.75, 3.05) is 30.2 Å². The Bertz CT molecular complexity index is 654. The van der Waals surface area contributed by atoms with Crippen LogP contribution < -0.4 is 4.31 Å². The number of carbonyl (C=O) groups excluding carboxylic acids is 1. The molecule has 5 nitrogen and oxygen atoms in total. The number of rotatable bonds is 4. The van der Waals surface area contributed by atoms with Crippen molar-refractivity contribution in [1.29, 1.82) is 0 Å². The number of hydrogen-bond donors (Lipinski definition) is 0. The Morgan fingerprint density at radius 2 is 1.65 bits per heavy atom. The minimum absolute atomic E-state index is 0.000178. The first-order valence-electron chi connectivity index (χ1n) is 7.95. The molecule has 0 aliphatic carbocycles. The van der Waals surface area contributed by atoms with Crippen LogP contribution in [0.3, 0.4) is 0 Å².